The van der Waals surface area contributed by atoms with Crippen molar-refractivity contribution in [3.05, 3.63) is 35.9 Å². The van der Waals surface area contributed by atoms with E-state index >= 15 is 0 Å². The van der Waals surface area contributed by atoms with Crippen LogP contribution in [0.1, 0.15) is 31.7 Å². The first kappa shape index (κ1) is 28.0. The minimum absolute atomic E-state index is 0.153. The number of carbonyl (C=O) groups excluding carboxylic acids is 4. The maximum absolute atomic E-state index is 12.8. The van der Waals surface area contributed by atoms with Crippen molar-refractivity contribution in [2.45, 2.75) is 56.8 Å². The summed E-state index contributed by atoms with van der Waals surface area (Å²) < 4.78 is 0. The quantitative estimate of drug-likeness (QED) is 0.154. The van der Waals surface area contributed by atoms with Crippen molar-refractivity contribution in [1.82, 2.24) is 16.0 Å². The minimum atomic E-state index is -1.55. The Morgan fingerprint density at radius 3 is 1.97 bits per heavy atom. The number of carboxylic acid groups (broad SMARTS) is 2. The Balaban J connectivity index is 2.94. The Labute approximate surface area is 195 Å². The van der Waals surface area contributed by atoms with Crippen molar-refractivity contribution in [1.29, 1.82) is 0 Å². The molecule has 1 aromatic carbocycles. The number of primary amides is 1. The number of nitrogens with one attached hydrogen (secondary N) is 3. The Morgan fingerprint density at radius 2 is 1.44 bits per heavy atom. The molecular formula is C21H29N5O8. The summed E-state index contributed by atoms with van der Waals surface area (Å²) in [5.74, 6) is -6.24. The van der Waals surface area contributed by atoms with Crippen molar-refractivity contribution >= 4 is 35.6 Å². The molecule has 0 aliphatic rings. The van der Waals surface area contributed by atoms with Gasteiger partial charge in [0, 0.05) is 6.42 Å². The smallest absolute Gasteiger partial charge is 0.325 e. The average Bonchev–Trinajstić information content (AvgIpc) is 2.75. The summed E-state index contributed by atoms with van der Waals surface area (Å²) in [6.07, 6.45) is -1.33. The van der Waals surface area contributed by atoms with E-state index in [-0.39, 0.29) is 12.8 Å². The number of hydrogen-bond acceptors (Lipinski definition) is 7. The summed E-state index contributed by atoms with van der Waals surface area (Å²) >= 11 is 0. The van der Waals surface area contributed by atoms with Crippen LogP contribution in [-0.4, -0.2) is 69.9 Å². The van der Waals surface area contributed by atoms with Gasteiger partial charge in [-0.1, -0.05) is 30.3 Å². The summed E-state index contributed by atoms with van der Waals surface area (Å²) in [6.45, 7) is 1.17. The van der Waals surface area contributed by atoms with Crippen molar-refractivity contribution < 1.29 is 39.0 Å². The molecule has 1 aromatic rings. The number of carboxylic acids is 2. The summed E-state index contributed by atoms with van der Waals surface area (Å²) in [7, 11) is 0. The van der Waals surface area contributed by atoms with Gasteiger partial charge >= 0.3 is 11.9 Å². The highest BCUT2D eigenvalue weighted by Gasteiger charge is 2.30. The molecule has 13 nitrogen and oxygen atoms in total. The molecule has 0 aliphatic carbocycles. The van der Waals surface area contributed by atoms with Gasteiger partial charge < -0.3 is 37.6 Å². The van der Waals surface area contributed by atoms with Crippen LogP contribution < -0.4 is 27.4 Å². The molecule has 0 radical (unpaired) electrons. The molecule has 0 aliphatic heterocycles. The first-order chi connectivity index (χ1) is 15.9. The van der Waals surface area contributed by atoms with Crippen molar-refractivity contribution in [2.75, 3.05) is 0 Å². The van der Waals surface area contributed by atoms with E-state index in [0.717, 1.165) is 5.56 Å². The molecule has 0 aromatic heterocycles. The maximum atomic E-state index is 12.8. The summed E-state index contributed by atoms with van der Waals surface area (Å²) in [4.78, 5) is 71.0. The zero-order chi connectivity index (χ0) is 25.8. The highest BCUT2D eigenvalue weighted by molar-refractivity contribution is 5.96. The van der Waals surface area contributed by atoms with Gasteiger partial charge in [0.1, 0.15) is 18.1 Å². The van der Waals surface area contributed by atoms with E-state index in [1.165, 1.54) is 6.92 Å². The SMILES string of the molecule is CC(NC(=O)C(CC(N)=O)NC(=O)C(CCC(=O)O)NC(=O)C(N)Cc1ccccc1)C(=O)O. The molecule has 0 saturated heterocycles. The Hall–Kier alpha value is -4.00. The number of nitrogens with two attached hydrogens (primary N) is 2. The van der Waals surface area contributed by atoms with Gasteiger partial charge in [-0.05, 0) is 25.3 Å². The first-order valence-electron chi connectivity index (χ1n) is 10.3. The van der Waals surface area contributed by atoms with Gasteiger partial charge in [0.15, 0.2) is 0 Å². The zero-order valence-electron chi connectivity index (χ0n) is 18.5. The van der Waals surface area contributed by atoms with E-state index in [0.29, 0.717) is 0 Å². The molecule has 0 heterocycles. The molecular weight excluding hydrogens is 450 g/mol. The van der Waals surface area contributed by atoms with Gasteiger partial charge in [-0.2, -0.15) is 0 Å². The van der Waals surface area contributed by atoms with E-state index in [2.05, 4.69) is 16.0 Å². The lowest BCUT2D eigenvalue weighted by atomic mass is 10.0. The van der Waals surface area contributed by atoms with E-state index in [1.807, 2.05) is 0 Å². The third-order valence-electron chi connectivity index (χ3n) is 4.68. The second-order valence-corrected chi connectivity index (χ2v) is 7.59. The van der Waals surface area contributed by atoms with Gasteiger partial charge in [-0.25, -0.2) is 0 Å². The lowest BCUT2D eigenvalue weighted by Gasteiger charge is -2.24. The Bertz CT molecular complexity index is 908. The number of carbonyl (C=O) groups is 6. The maximum Gasteiger partial charge on any atom is 0.325 e. The zero-order valence-corrected chi connectivity index (χ0v) is 18.5. The molecule has 9 N–H and O–H groups in total. The molecule has 0 bridgehead atoms. The van der Waals surface area contributed by atoms with E-state index in [4.69, 9.17) is 21.7 Å². The lowest BCUT2D eigenvalue weighted by Crippen LogP contribution is -2.57. The molecule has 0 saturated carbocycles. The van der Waals surface area contributed by atoms with Crippen LogP contribution >= 0.6 is 0 Å². The fourth-order valence-corrected chi connectivity index (χ4v) is 2.83. The summed E-state index contributed by atoms with van der Waals surface area (Å²) in [5.41, 5.74) is 11.8. The number of benzene rings is 1. The van der Waals surface area contributed by atoms with Crippen LogP contribution in [0, 0.1) is 0 Å². The second kappa shape index (κ2) is 13.5. The van der Waals surface area contributed by atoms with E-state index in [1.54, 1.807) is 30.3 Å². The molecule has 0 fully saturated rings. The molecule has 13 heteroatoms. The fourth-order valence-electron chi connectivity index (χ4n) is 2.83. The predicted octanol–water partition coefficient (Wildman–Crippen LogP) is -2.14. The van der Waals surface area contributed by atoms with Crippen molar-refractivity contribution in [3.8, 4) is 0 Å². The van der Waals surface area contributed by atoms with Gasteiger partial charge in [-0.15, -0.1) is 0 Å². The Kier molecular flexibility index (Phi) is 11.2. The number of rotatable bonds is 14. The monoisotopic (exact) mass is 479 g/mol. The highest BCUT2D eigenvalue weighted by Crippen LogP contribution is 2.05. The van der Waals surface area contributed by atoms with Crippen LogP contribution in [-0.2, 0) is 35.2 Å². The summed E-state index contributed by atoms with van der Waals surface area (Å²) in [5, 5.41) is 24.6. The number of hydrogen-bond donors (Lipinski definition) is 7. The molecule has 0 spiro atoms. The third kappa shape index (κ3) is 10.1. The van der Waals surface area contributed by atoms with Gasteiger partial charge in [0.25, 0.3) is 0 Å². The lowest BCUT2D eigenvalue weighted by molar-refractivity contribution is -0.142. The molecule has 4 atom stereocenters. The van der Waals surface area contributed by atoms with E-state index in [9.17, 15) is 28.8 Å². The topological polar surface area (TPSA) is 231 Å². The largest absolute Gasteiger partial charge is 0.481 e. The number of aliphatic carboxylic acids is 2. The van der Waals surface area contributed by atoms with Crippen molar-refractivity contribution in [2.24, 2.45) is 11.5 Å². The fraction of sp³-hybridized carbons (Fsp3) is 0.429. The second-order valence-electron chi connectivity index (χ2n) is 7.59. The highest BCUT2D eigenvalue weighted by atomic mass is 16.4. The minimum Gasteiger partial charge on any atom is -0.481 e. The van der Waals surface area contributed by atoms with Crippen molar-refractivity contribution in [3.63, 3.8) is 0 Å². The van der Waals surface area contributed by atoms with E-state index < -0.39 is 72.6 Å². The van der Waals surface area contributed by atoms with Crippen LogP contribution in [0.25, 0.3) is 0 Å². The van der Waals surface area contributed by atoms with Crippen LogP contribution in [0.5, 0.6) is 0 Å². The molecule has 34 heavy (non-hydrogen) atoms. The molecule has 186 valence electrons. The van der Waals surface area contributed by atoms with Gasteiger partial charge in [0.05, 0.1) is 12.5 Å². The average molecular weight is 479 g/mol. The number of amides is 4. The molecule has 4 amide bonds. The first-order valence-corrected chi connectivity index (χ1v) is 10.3. The normalized spacial score (nSPS) is 14.1. The standard InChI is InChI=1S/C21H29N5O8/c1-11(21(33)34)24-20(32)15(10-16(23)27)26-19(31)14(7-8-17(28)29)25-18(30)13(22)9-12-5-3-2-4-6-12/h2-6,11,13-15H,7-10,22H2,1H3,(H2,23,27)(H,24,32)(H,25,30)(H,26,31)(H,28,29)(H,33,34). The van der Waals surface area contributed by atoms with Gasteiger partial charge in [0.2, 0.25) is 23.6 Å². The van der Waals surface area contributed by atoms with Crippen LogP contribution in [0.4, 0.5) is 0 Å². The molecule has 1 rings (SSSR count). The summed E-state index contributed by atoms with van der Waals surface area (Å²) in [6, 6.07) is 3.51. The van der Waals surface area contributed by atoms with Crippen LogP contribution in [0.15, 0.2) is 30.3 Å². The van der Waals surface area contributed by atoms with Crippen LogP contribution in [0.3, 0.4) is 0 Å². The Morgan fingerprint density at radius 1 is 0.882 bits per heavy atom. The molecule has 4 unspecified atom stereocenters. The van der Waals surface area contributed by atoms with Crippen LogP contribution in [0.2, 0.25) is 0 Å². The third-order valence-corrected chi connectivity index (χ3v) is 4.68. The van der Waals surface area contributed by atoms with Gasteiger partial charge in [-0.3, -0.25) is 28.8 Å². The predicted molar refractivity (Wildman–Crippen MR) is 118 cm³/mol.